The third-order valence-corrected chi connectivity index (χ3v) is 2.67. The quantitative estimate of drug-likeness (QED) is 0.420. The van der Waals surface area contributed by atoms with Crippen LogP contribution >= 0.6 is 0 Å². The molecule has 2 nitrogen and oxygen atoms in total. The van der Waals surface area contributed by atoms with E-state index in [1.54, 1.807) is 6.08 Å². The molecule has 0 saturated heterocycles. The number of aliphatic imine (C=N–C) groups is 1. The van der Waals surface area contributed by atoms with Gasteiger partial charge in [-0.1, -0.05) is 6.92 Å². The van der Waals surface area contributed by atoms with Gasteiger partial charge in [-0.05, 0) is 38.5 Å². The van der Waals surface area contributed by atoms with Gasteiger partial charge in [0.25, 0.3) is 0 Å². The van der Waals surface area contributed by atoms with Crippen LogP contribution in [-0.4, -0.2) is 11.6 Å². The van der Waals surface area contributed by atoms with E-state index in [2.05, 4.69) is 11.9 Å². The molecule has 1 aliphatic carbocycles. The van der Waals surface area contributed by atoms with Gasteiger partial charge in [0.05, 0.1) is 5.54 Å². The standard InChI is InChI=1S/C9H15NO/c1-8-3-5-9(2,6-4-8)10-7-11/h8H,3-6H2,1-2H3/t8-,9-. The molecule has 0 heterocycles. The minimum Gasteiger partial charge on any atom is -0.211 e. The SMILES string of the molecule is C[C@H]1CC[C@](C)(N=C=O)CC1. The van der Waals surface area contributed by atoms with Crippen molar-refractivity contribution in [2.24, 2.45) is 10.9 Å². The van der Waals surface area contributed by atoms with Crippen LogP contribution in [0.3, 0.4) is 0 Å². The lowest BCUT2D eigenvalue weighted by atomic mass is 9.79. The summed E-state index contributed by atoms with van der Waals surface area (Å²) in [7, 11) is 0. The highest BCUT2D eigenvalue weighted by atomic mass is 16.1. The minimum absolute atomic E-state index is 0.0890. The lowest BCUT2D eigenvalue weighted by molar-refractivity contribution is 0.266. The summed E-state index contributed by atoms with van der Waals surface area (Å²) < 4.78 is 0. The molecule has 0 aliphatic heterocycles. The lowest BCUT2D eigenvalue weighted by Crippen LogP contribution is -2.27. The Hall–Kier alpha value is -0.620. The number of hydrogen-bond donors (Lipinski definition) is 0. The van der Waals surface area contributed by atoms with E-state index in [1.165, 1.54) is 12.8 Å². The highest BCUT2D eigenvalue weighted by molar-refractivity contribution is 5.34. The minimum atomic E-state index is -0.0890. The van der Waals surface area contributed by atoms with Gasteiger partial charge in [0.2, 0.25) is 6.08 Å². The Bertz CT molecular complexity index is 174. The molecule has 2 heteroatoms. The Morgan fingerprint density at radius 3 is 2.45 bits per heavy atom. The van der Waals surface area contributed by atoms with Crippen LogP contribution in [0.15, 0.2) is 4.99 Å². The van der Waals surface area contributed by atoms with Crippen LogP contribution in [0.2, 0.25) is 0 Å². The van der Waals surface area contributed by atoms with E-state index >= 15 is 0 Å². The normalized spacial score (nSPS) is 37.8. The van der Waals surface area contributed by atoms with Crippen LogP contribution in [0.4, 0.5) is 0 Å². The van der Waals surface area contributed by atoms with Crippen LogP contribution in [0, 0.1) is 5.92 Å². The molecule has 0 aromatic carbocycles. The first kappa shape index (κ1) is 8.48. The summed E-state index contributed by atoms with van der Waals surface area (Å²) in [6.45, 7) is 4.30. The summed E-state index contributed by atoms with van der Waals surface area (Å²) in [6.07, 6.45) is 6.15. The van der Waals surface area contributed by atoms with E-state index in [0.29, 0.717) is 0 Å². The Morgan fingerprint density at radius 1 is 1.45 bits per heavy atom. The Balaban J connectivity index is 2.54. The fourth-order valence-electron chi connectivity index (χ4n) is 1.61. The molecule has 0 bridgehead atoms. The number of nitrogens with zero attached hydrogens (tertiary/aromatic N) is 1. The van der Waals surface area contributed by atoms with E-state index in [4.69, 9.17) is 0 Å². The number of isocyanates is 1. The largest absolute Gasteiger partial charge is 0.235 e. The van der Waals surface area contributed by atoms with E-state index < -0.39 is 0 Å². The van der Waals surface area contributed by atoms with Crippen molar-refractivity contribution < 1.29 is 4.79 Å². The van der Waals surface area contributed by atoms with Crippen LogP contribution < -0.4 is 0 Å². The zero-order valence-electron chi connectivity index (χ0n) is 7.26. The van der Waals surface area contributed by atoms with E-state index in [-0.39, 0.29) is 5.54 Å². The molecule has 0 atom stereocenters. The van der Waals surface area contributed by atoms with E-state index in [9.17, 15) is 4.79 Å². The second kappa shape index (κ2) is 3.19. The predicted molar refractivity (Wildman–Crippen MR) is 44.2 cm³/mol. The average Bonchev–Trinajstić information content (AvgIpc) is 1.97. The fraction of sp³-hybridized carbons (Fsp3) is 0.889. The molecule has 0 unspecified atom stereocenters. The van der Waals surface area contributed by atoms with Gasteiger partial charge in [-0.25, -0.2) is 4.79 Å². The Morgan fingerprint density at radius 2 is 2.00 bits per heavy atom. The van der Waals surface area contributed by atoms with E-state index in [0.717, 1.165) is 18.8 Å². The van der Waals surface area contributed by atoms with E-state index in [1.807, 2.05) is 6.92 Å². The highest BCUT2D eigenvalue weighted by Crippen LogP contribution is 2.33. The first-order valence-electron chi connectivity index (χ1n) is 4.25. The van der Waals surface area contributed by atoms with Crippen molar-refractivity contribution in [2.75, 3.05) is 0 Å². The van der Waals surface area contributed by atoms with Crippen LogP contribution in [0.5, 0.6) is 0 Å². The smallest absolute Gasteiger partial charge is 0.211 e. The molecule has 62 valence electrons. The molecule has 0 N–H and O–H groups in total. The van der Waals surface area contributed by atoms with Crippen LogP contribution in [0.25, 0.3) is 0 Å². The van der Waals surface area contributed by atoms with Crippen molar-refractivity contribution in [1.82, 2.24) is 0 Å². The third-order valence-electron chi connectivity index (χ3n) is 2.67. The molecule has 1 rings (SSSR count). The summed E-state index contributed by atoms with van der Waals surface area (Å²) in [5.41, 5.74) is -0.0890. The van der Waals surface area contributed by atoms with Gasteiger partial charge in [-0.2, -0.15) is 4.99 Å². The molecule has 0 spiro atoms. The van der Waals surface area contributed by atoms with Gasteiger partial charge in [-0.15, -0.1) is 0 Å². The Kier molecular flexibility index (Phi) is 2.45. The van der Waals surface area contributed by atoms with Gasteiger partial charge in [0, 0.05) is 0 Å². The summed E-state index contributed by atoms with van der Waals surface area (Å²) in [6, 6.07) is 0. The first-order valence-corrected chi connectivity index (χ1v) is 4.25. The predicted octanol–water partition coefficient (Wildman–Crippen LogP) is 2.29. The maximum Gasteiger partial charge on any atom is 0.235 e. The van der Waals surface area contributed by atoms with Crippen molar-refractivity contribution in [3.05, 3.63) is 0 Å². The maximum absolute atomic E-state index is 10.1. The Labute approximate surface area is 67.7 Å². The third kappa shape index (κ3) is 2.16. The molecule has 0 aromatic heterocycles. The molecule has 0 aromatic rings. The molecular weight excluding hydrogens is 138 g/mol. The summed E-state index contributed by atoms with van der Waals surface area (Å²) in [4.78, 5) is 13.9. The molecule has 1 fully saturated rings. The summed E-state index contributed by atoms with van der Waals surface area (Å²) >= 11 is 0. The van der Waals surface area contributed by atoms with Gasteiger partial charge < -0.3 is 0 Å². The first-order chi connectivity index (χ1) is 5.16. The van der Waals surface area contributed by atoms with Crippen molar-refractivity contribution in [2.45, 2.75) is 45.1 Å². The molecular formula is C9H15NO. The van der Waals surface area contributed by atoms with Gasteiger partial charge >= 0.3 is 0 Å². The maximum atomic E-state index is 10.1. The fourth-order valence-corrected chi connectivity index (χ4v) is 1.61. The van der Waals surface area contributed by atoms with Gasteiger partial charge in [0.15, 0.2) is 0 Å². The molecule has 11 heavy (non-hydrogen) atoms. The van der Waals surface area contributed by atoms with Crippen molar-refractivity contribution in [1.29, 1.82) is 0 Å². The van der Waals surface area contributed by atoms with Crippen LogP contribution in [-0.2, 0) is 4.79 Å². The highest BCUT2D eigenvalue weighted by Gasteiger charge is 2.28. The number of rotatable bonds is 1. The lowest BCUT2D eigenvalue weighted by Gasteiger charge is -2.31. The topological polar surface area (TPSA) is 29.4 Å². The van der Waals surface area contributed by atoms with Gasteiger partial charge in [-0.3, -0.25) is 0 Å². The second-order valence-corrected chi connectivity index (χ2v) is 3.88. The molecule has 0 amide bonds. The number of hydrogen-bond acceptors (Lipinski definition) is 2. The molecule has 0 radical (unpaired) electrons. The molecule has 1 saturated carbocycles. The monoisotopic (exact) mass is 153 g/mol. The summed E-state index contributed by atoms with van der Waals surface area (Å²) in [5, 5.41) is 0. The zero-order valence-corrected chi connectivity index (χ0v) is 7.26. The van der Waals surface area contributed by atoms with Crippen molar-refractivity contribution in [3.63, 3.8) is 0 Å². The number of carbonyl (C=O) groups excluding carboxylic acids is 1. The zero-order chi connectivity index (χ0) is 8.32. The van der Waals surface area contributed by atoms with Crippen molar-refractivity contribution >= 4 is 6.08 Å². The second-order valence-electron chi connectivity index (χ2n) is 3.88. The van der Waals surface area contributed by atoms with Crippen LogP contribution in [0.1, 0.15) is 39.5 Å². The average molecular weight is 153 g/mol. The summed E-state index contributed by atoms with van der Waals surface area (Å²) in [5.74, 6) is 0.810. The van der Waals surface area contributed by atoms with Crippen molar-refractivity contribution in [3.8, 4) is 0 Å². The van der Waals surface area contributed by atoms with Gasteiger partial charge in [0.1, 0.15) is 0 Å². The molecule has 1 aliphatic rings.